The molecule has 0 aliphatic carbocycles. The molecule has 0 saturated carbocycles. The molecule has 6 nitrogen and oxygen atoms in total. The number of unbranched alkanes of at least 4 members (excludes halogenated alkanes) is 1. The highest BCUT2D eigenvalue weighted by atomic mass is 32.2. The molecule has 2 aromatic carbocycles. The molecule has 3 heterocycles. The number of rotatable bonds is 7. The van der Waals surface area contributed by atoms with Crippen molar-refractivity contribution in [3.8, 4) is 11.1 Å². The molecule has 1 aliphatic rings. The smallest absolute Gasteiger partial charge is 0.278 e. The predicted octanol–water partition coefficient (Wildman–Crippen LogP) is 5.26. The lowest BCUT2D eigenvalue weighted by Gasteiger charge is -2.29. The van der Waals surface area contributed by atoms with E-state index in [0.29, 0.717) is 22.7 Å². The number of nitrogens with zero attached hydrogens (tertiary/aromatic N) is 3. The van der Waals surface area contributed by atoms with Crippen molar-refractivity contribution in [1.82, 2.24) is 14.5 Å². The third-order valence-corrected chi connectivity index (χ3v) is 7.27. The van der Waals surface area contributed by atoms with Gasteiger partial charge in [0.2, 0.25) is 5.91 Å². The van der Waals surface area contributed by atoms with Gasteiger partial charge < -0.3 is 9.88 Å². The lowest BCUT2D eigenvalue weighted by atomic mass is 10.0. The average molecular weight is 473 g/mol. The number of anilines is 1. The van der Waals surface area contributed by atoms with Crippen LogP contribution in [0.4, 0.5) is 5.69 Å². The SMILES string of the molecule is CCCCn1c(SCC(=O)N2CCCc3ccccc32)nc2c(-c3ccccc3)c[nH]c2c1=O. The first-order valence-corrected chi connectivity index (χ1v) is 12.8. The first kappa shape index (κ1) is 22.5. The number of amides is 1. The Morgan fingerprint density at radius 3 is 2.74 bits per heavy atom. The van der Waals surface area contributed by atoms with Crippen molar-refractivity contribution in [2.45, 2.75) is 44.3 Å². The summed E-state index contributed by atoms with van der Waals surface area (Å²) in [7, 11) is 0. The molecule has 1 aliphatic heterocycles. The zero-order valence-electron chi connectivity index (χ0n) is 19.3. The van der Waals surface area contributed by atoms with Gasteiger partial charge in [0.15, 0.2) is 5.16 Å². The molecule has 0 fully saturated rings. The molecule has 34 heavy (non-hydrogen) atoms. The maximum Gasteiger partial charge on any atom is 0.278 e. The van der Waals surface area contributed by atoms with Gasteiger partial charge in [-0.1, -0.05) is 73.6 Å². The zero-order chi connectivity index (χ0) is 23.5. The van der Waals surface area contributed by atoms with Gasteiger partial charge in [0.1, 0.15) is 11.0 Å². The van der Waals surface area contributed by atoms with E-state index in [1.54, 1.807) is 4.57 Å². The van der Waals surface area contributed by atoms with Crippen molar-refractivity contribution < 1.29 is 4.79 Å². The largest absolute Gasteiger partial charge is 0.355 e. The summed E-state index contributed by atoms with van der Waals surface area (Å²) < 4.78 is 1.72. The molecule has 5 rings (SSSR count). The van der Waals surface area contributed by atoms with Crippen LogP contribution in [0.25, 0.3) is 22.2 Å². The fraction of sp³-hybridized carbons (Fsp3) is 0.296. The van der Waals surface area contributed by atoms with Gasteiger partial charge in [0.25, 0.3) is 5.56 Å². The first-order valence-electron chi connectivity index (χ1n) is 11.9. The van der Waals surface area contributed by atoms with E-state index in [4.69, 9.17) is 4.98 Å². The van der Waals surface area contributed by atoms with Crippen molar-refractivity contribution in [2.24, 2.45) is 0 Å². The van der Waals surface area contributed by atoms with Crippen molar-refractivity contribution in [2.75, 3.05) is 17.2 Å². The topological polar surface area (TPSA) is 71.0 Å². The molecular weight excluding hydrogens is 444 g/mol. The Labute approximate surface area is 203 Å². The molecule has 7 heteroatoms. The number of thioether (sulfide) groups is 1. The summed E-state index contributed by atoms with van der Waals surface area (Å²) >= 11 is 1.36. The summed E-state index contributed by atoms with van der Waals surface area (Å²) in [6, 6.07) is 18.0. The van der Waals surface area contributed by atoms with Gasteiger partial charge >= 0.3 is 0 Å². The molecule has 0 saturated heterocycles. The van der Waals surface area contributed by atoms with Crippen LogP contribution < -0.4 is 10.5 Å². The van der Waals surface area contributed by atoms with Crippen LogP contribution in [-0.4, -0.2) is 32.7 Å². The Balaban J connectivity index is 1.48. The summed E-state index contributed by atoms with van der Waals surface area (Å²) in [5, 5.41) is 0.598. The fourth-order valence-electron chi connectivity index (χ4n) is 4.53. The summed E-state index contributed by atoms with van der Waals surface area (Å²) in [4.78, 5) is 36.6. The van der Waals surface area contributed by atoms with Crippen LogP contribution in [-0.2, 0) is 17.8 Å². The number of hydrogen-bond acceptors (Lipinski definition) is 4. The highest BCUT2D eigenvalue weighted by Crippen LogP contribution is 2.30. The van der Waals surface area contributed by atoms with Crippen LogP contribution in [0.5, 0.6) is 0 Å². The van der Waals surface area contributed by atoms with Crippen LogP contribution >= 0.6 is 11.8 Å². The maximum absolute atomic E-state index is 13.4. The lowest BCUT2D eigenvalue weighted by Crippen LogP contribution is -2.36. The molecule has 174 valence electrons. The van der Waals surface area contributed by atoms with Crippen molar-refractivity contribution in [1.29, 1.82) is 0 Å². The number of aryl methyl sites for hydroxylation is 1. The molecule has 0 unspecified atom stereocenters. The number of aromatic amines is 1. The molecule has 0 spiro atoms. The number of carbonyl (C=O) groups excluding carboxylic acids is 1. The average Bonchev–Trinajstić information content (AvgIpc) is 3.31. The maximum atomic E-state index is 13.4. The van der Waals surface area contributed by atoms with E-state index >= 15 is 0 Å². The predicted molar refractivity (Wildman–Crippen MR) is 139 cm³/mol. The first-order chi connectivity index (χ1) is 16.7. The monoisotopic (exact) mass is 472 g/mol. The van der Waals surface area contributed by atoms with E-state index in [9.17, 15) is 9.59 Å². The highest BCUT2D eigenvalue weighted by Gasteiger charge is 2.23. The van der Waals surface area contributed by atoms with E-state index < -0.39 is 0 Å². The van der Waals surface area contributed by atoms with Crippen LogP contribution in [0.3, 0.4) is 0 Å². The van der Waals surface area contributed by atoms with Crippen molar-refractivity contribution >= 4 is 34.4 Å². The fourth-order valence-corrected chi connectivity index (χ4v) is 5.43. The minimum Gasteiger partial charge on any atom is -0.355 e. The highest BCUT2D eigenvalue weighted by molar-refractivity contribution is 7.99. The van der Waals surface area contributed by atoms with Crippen molar-refractivity contribution in [3.63, 3.8) is 0 Å². The van der Waals surface area contributed by atoms with Gasteiger partial charge in [0, 0.05) is 30.5 Å². The quantitative estimate of drug-likeness (QED) is 0.294. The van der Waals surface area contributed by atoms with Gasteiger partial charge in [-0.15, -0.1) is 0 Å². The molecule has 0 bridgehead atoms. The molecular formula is C27H28N4O2S. The number of benzene rings is 2. The summed E-state index contributed by atoms with van der Waals surface area (Å²) in [6.45, 7) is 3.41. The summed E-state index contributed by atoms with van der Waals surface area (Å²) in [5.41, 5.74) is 5.20. The number of carbonyl (C=O) groups is 1. The van der Waals surface area contributed by atoms with Crippen LogP contribution in [0.2, 0.25) is 0 Å². The number of fused-ring (bicyclic) bond motifs is 2. The number of hydrogen-bond donors (Lipinski definition) is 1. The van der Waals surface area contributed by atoms with E-state index in [1.165, 1.54) is 17.3 Å². The zero-order valence-corrected chi connectivity index (χ0v) is 20.1. The standard InChI is InChI=1S/C27H28N4O2S/c1-2-3-15-31-26(33)25-24(21(17-28-25)19-10-5-4-6-11-19)29-27(31)34-18-23(32)30-16-9-13-20-12-7-8-14-22(20)30/h4-8,10-12,14,17,28H,2-3,9,13,15-16,18H2,1H3. The second-order valence-electron chi connectivity index (χ2n) is 8.56. The van der Waals surface area contributed by atoms with E-state index in [2.05, 4.69) is 18.0 Å². The van der Waals surface area contributed by atoms with E-state index in [0.717, 1.165) is 49.0 Å². The molecule has 2 aromatic heterocycles. The molecule has 1 amide bonds. The Bertz CT molecular complexity index is 1380. The van der Waals surface area contributed by atoms with Gasteiger partial charge in [-0.3, -0.25) is 14.2 Å². The van der Waals surface area contributed by atoms with Gasteiger partial charge in [-0.2, -0.15) is 0 Å². The Hall–Kier alpha value is -3.32. The van der Waals surface area contributed by atoms with Crippen LogP contribution in [0.1, 0.15) is 31.7 Å². The Kier molecular flexibility index (Phi) is 6.54. The second-order valence-corrected chi connectivity index (χ2v) is 9.51. The Morgan fingerprint density at radius 1 is 1.12 bits per heavy atom. The number of H-pyrrole nitrogens is 1. The van der Waals surface area contributed by atoms with E-state index in [1.807, 2.05) is 59.6 Å². The third kappa shape index (κ3) is 4.28. The normalized spacial score (nSPS) is 13.3. The van der Waals surface area contributed by atoms with Gasteiger partial charge in [-0.05, 0) is 36.5 Å². The number of para-hydroxylation sites is 1. The molecule has 1 N–H and O–H groups in total. The minimum atomic E-state index is -0.0844. The lowest BCUT2D eigenvalue weighted by molar-refractivity contribution is -0.116. The van der Waals surface area contributed by atoms with Gasteiger partial charge in [-0.25, -0.2) is 4.98 Å². The van der Waals surface area contributed by atoms with Crippen LogP contribution in [0, 0.1) is 0 Å². The summed E-state index contributed by atoms with van der Waals surface area (Å²) in [6.07, 6.45) is 5.65. The van der Waals surface area contributed by atoms with E-state index in [-0.39, 0.29) is 17.2 Å². The molecule has 0 atom stereocenters. The second kappa shape index (κ2) is 9.89. The number of aromatic nitrogens is 3. The summed E-state index contributed by atoms with van der Waals surface area (Å²) in [5.74, 6) is 0.287. The minimum absolute atomic E-state index is 0.0471. The molecule has 4 aromatic rings. The Morgan fingerprint density at radius 2 is 1.91 bits per heavy atom. The van der Waals surface area contributed by atoms with Crippen LogP contribution in [0.15, 0.2) is 70.7 Å². The third-order valence-electron chi connectivity index (χ3n) is 6.31. The van der Waals surface area contributed by atoms with Gasteiger partial charge in [0.05, 0.1) is 5.75 Å². The van der Waals surface area contributed by atoms with Crippen molar-refractivity contribution in [3.05, 3.63) is 76.7 Å². The number of nitrogens with one attached hydrogen (secondary N) is 1. The molecule has 0 radical (unpaired) electrons.